The minimum Gasteiger partial charge on any atom is -0.236 e. The van der Waals surface area contributed by atoms with E-state index in [-0.39, 0.29) is 0 Å². The van der Waals surface area contributed by atoms with Crippen molar-refractivity contribution in [1.29, 1.82) is 0 Å². The van der Waals surface area contributed by atoms with Gasteiger partial charge >= 0.3 is 0 Å². The predicted molar refractivity (Wildman–Crippen MR) is 88.4 cm³/mol. The van der Waals surface area contributed by atoms with E-state index in [1.54, 1.807) is 0 Å². The predicted octanol–water partition coefficient (Wildman–Crippen LogP) is 6.09. The van der Waals surface area contributed by atoms with Gasteiger partial charge in [-0.25, -0.2) is 9.97 Å². The Morgan fingerprint density at radius 1 is 1.20 bits per heavy atom. The molecule has 0 atom stereocenters. The van der Waals surface area contributed by atoms with E-state index in [1.165, 1.54) is 38.5 Å². The quantitative estimate of drug-likeness (QED) is 0.608. The Hall–Kier alpha value is -0.150. The number of nitrogens with zero attached hydrogens (tertiary/aromatic N) is 2. The van der Waals surface area contributed by atoms with Crippen LogP contribution in [0.25, 0.3) is 0 Å². The van der Waals surface area contributed by atoms with Gasteiger partial charge in [-0.2, -0.15) is 0 Å². The average molecular weight is 360 g/mol. The SMILES string of the molecule is CCCC1CCC(c2nc(Cl)c(Br)c(C(C)C)n2)CC1. The molecule has 0 N–H and O–H groups in total. The summed E-state index contributed by atoms with van der Waals surface area (Å²) in [5.41, 5.74) is 1.04. The van der Waals surface area contributed by atoms with Crippen molar-refractivity contribution in [3.05, 3.63) is 21.1 Å². The minimum absolute atomic E-state index is 0.361. The maximum atomic E-state index is 6.26. The fourth-order valence-electron chi connectivity index (χ4n) is 3.14. The molecule has 1 aliphatic carbocycles. The number of rotatable bonds is 4. The van der Waals surface area contributed by atoms with Crippen molar-refractivity contribution in [3.8, 4) is 0 Å². The van der Waals surface area contributed by atoms with Crippen molar-refractivity contribution in [1.82, 2.24) is 9.97 Å². The molecule has 0 radical (unpaired) electrons. The molecule has 0 spiro atoms. The second-order valence-corrected chi connectivity index (χ2v) is 7.38. The summed E-state index contributed by atoms with van der Waals surface area (Å²) in [6.45, 7) is 6.56. The Balaban J connectivity index is 2.14. The van der Waals surface area contributed by atoms with E-state index in [0.29, 0.717) is 17.0 Å². The topological polar surface area (TPSA) is 25.8 Å². The normalized spacial score (nSPS) is 23.3. The molecule has 1 saturated carbocycles. The lowest BCUT2D eigenvalue weighted by molar-refractivity contribution is 0.302. The van der Waals surface area contributed by atoms with Crippen LogP contribution in [-0.2, 0) is 0 Å². The largest absolute Gasteiger partial charge is 0.236 e. The van der Waals surface area contributed by atoms with Crippen LogP contribution < -0.4 is 0 Å². The molecule has 0 aliphatic heterocycles. The molecule has 0 saturated heterocycles. The van der Waals surface area contributed by atoms with Gasteiger partial charge in [-0.1, -0.05) is 45.2 Å². The minimum atomic E-state index is 0.361. The summed E-state index contributed by atoms with van der Waals surface area (Å²) < 4.78 is 0.859. The summed E-state index contributed by atoms with van der Waals surface area (Å²) in [5.74, 6) is 2.72. The van der Waals surface area contributed by atoms with Crippen LogP contribution >= 0.6 is 27.5 Å². The monoisotopic (exact) mass is 358 g/mol. The van der Waals surface area contributed by atoms with Crippen molar-refractivity contribution in [2.75, 3.05) is 0 Å². The number of halogens is 2. The molecular weight excluding hydrogens is 336 g/mol. The van der Waals surface area contributed by atoms with E-state index in [4.69, 9.17) is 16.6 Å². The summed E-state index contributed by atoms with van der Waals surface area (Å²) in [6, 6.07) is 0. The van der Waals surface area contributed by atoms with Gasteiger partial charge in [0.15, 0.2) is 0 Å². The third-order valence-electron chi connectivity index (χ3n) is 4.31. The molecule has 4 heteroatoms. The number of hydrogen-bond donors (Lipinski definition) is 0. The summed E-state index contributed by atoms with van der Waals surface area (Å²) in [6.07, 6.45) is 7.71. The highest BCUT2D eigenvalue weighted by atomic mass is 79.9. The van der Waals surface area contributed by atoms with Crippen molar-refractivity contribution in [2.24, 2.45) is 5.92 Å². The van der Waals surface area contributed by atoms with Crippen LogP contribution in [0.4, 0.5) is 0 Å². The fraction of sp³-hybridized carbons (Fsp3) is 0.750. The standard InChI is InChI=1S/C16H24BrClN2/c1-4-5-11-6-8-12(9-7-11)16-19-14(10(2)3)13(17)15(18)20-16/h10-12H,4-9H2,1-3H3. The van der Waals surface area contributed by atoms with Crippen LogP contribution in [0, 0.1) is 5.92 Å². The van der Waals surface area contributed by atoms with Crippen molar-refractivity contribution in [3.63, 3.8) is 0 Å². The molecule has 2 rings (SSSR count). The molecule has 112 valence electrons. The molecule has 0 unspecified atom stereocenters. The summed E-state index contributed by atoms with van der Waals surface area (Å²) >= 11 is 9.77. The summed E-state index contributed by atoms with van der Waals surface area (Å²) in [5, 5.41) is 0.564. The van der Waals surface area contributed by atoms with Crippen LogP contribution in [0.1, 0.15) is 82.7 Å². The van der Waals surface area contributed by atoms with Gasteiger partial charge in [-0.05, 0) is 53.4 Å². The maximum Gasteiger partial charge on any atom is 0.147 e. The van der Waals surface area contributed by atoms with E-state index in [9.17, 15) is 0 Å². The zero-order valence-corrected chi connectivity index (χ0v) is 15.0. The molecule has 1 aromatic rings. The maximum absolute atomic E-state index is 6.26. The van der Waals surface area contributed by atoms with Gasteiger partial charge in [0.05, 0.1) is 10.2 Å². The van der Waals surface area contributed by atoms with Gasteiger partial charge in [-0.3, -0.25) is 0 Å². The molecule has 1 heterocycles. The van der Waals surface area contributed by atoms with E-state index >= 15 is 0 Å². The van der Waals surface area contributed by atoms with Crippen LogP contribution in [0.3, 0.4) is 0 Å². The van der Waals surface area contributed by atoms with E-state index in [0.717, 1.165) is 21.9 Å². The average Bonchev–Trinajstić information content (AvgIpc) is 2.42. The molecule has 1 aromatic heterocycles. The fourth-order valence-corrected chi connectivity index (χ4v) is 3.95. The Morgan fingerprint density at radius 3 is 2.40 bits per heavy atom. The van der Waals surface area contributed by atoms with Crippen LogP contribution in [0.5, 0.6) is 0 Å². The van der Waals surface area contributed by atoms with Gasteiger partial charge in [0.2, 0.25) is 0 Å². The Bertz CT molecular complexity index is 454. The first-order chi connectivity index (χ1) is 9.52. The molecular formula is C16H24BrClN2. The lowest BCUT2D eigenvalue weighted by Crippen LogP contribution is -2.16. The lowest BCUT2D eigenvalue weighted by atomic mass is 9.79. The van der Waals surface area contributed by atoms with Crippen molar-refractivity contribution < 1.29 is 0 Å². The van der Waals surface area contributed by atoms with E-state index < -0.39 is 0 Å². The van der Waals surface area contributed by atoms with Crippen LogP contribution in [0.15, 0.2) is 4.47 Å². The molecule has 1 aliphatic rings. The van der Waals surface area contributed by atoms with Crippen molar-refractivity contribution in [2.45, 2.75) is 71.1 Å². The van der Waals surface area contributed by atoms with Gasteiger partial charge in [0.25, 0.3) is 0 Å². The molecule has 20 heavy (non-hydrogen) atoms. The third-order valence-corrected chi connectivity index (χ3v) is 5.59. The summed E-state index contributed by atoms with van der Waals surface area (Å²) in [4.78, 5) is 9.30. The molecule has 1 fully saturated rings. The molecule has 0 bridgehead atoms. The highest BCUT2D eigenvalue weighted by Gasteiger charge is 2.25. The van der Waals surface area contributed by atoms with Gasteiger partial charge < -0.3 is 0 Å². The zero-order valence-electron chi connectivity index (χ0n) is 12.6. The third kappa shape index (κ3) is 3.73. The number of aromatic nitrogens is 2. The van der Waals surface area contributed by atoms with Crippen molar-refractivity contribution >= 4 is 27.5 Å². The Labute approximate surface area is 135 Å². The smallest absolute Gasteiger partial charge is 0.147 e. The highest BCUT2D eigenvalue weighted by molar-refractivity contribution is 9.10. The van der Waals surface area contributed by atoms with Gasteiger partial charge in [-0.15, -0.1) is 0 Å². The Morgan fingerprint density at radius 2 is 1.85 bits per heavy atom. The molecule has 0 amide bonds. The molecule has 0 aromatic carbocycles. The highest BCUT2D eigenvalue weighted by Crippen LogP contribution is 2.38. The number of hydrogen-bond acceptors (Lipinski definition) is 2. The molecule has 2 nitrogen and oxygen atoms in total. The Kier molecular flexibility index (Phi) is 5.85. The first-order valence-corrected chi connectivity index (χ1v) is 8.92. The van der Waals surface area contributed by atoms with E-state index in [2.05, 4.69) is 41.7 Å². The second-order valence-electron chi connectivity index (χ2n) is 6.23. The zero-order chi connectivity index (χ0) is 14.7. The van der Waals surface area contributed by atoms with Crippen LogP contribution in [-0.4, -0.2) is 9.97 Å². The van der Waals surface area contributed by atoms with Gasteiger partial charge in [0.1, 0.15) is 11.0 Å². The first kappa shape index (κ1) is 16.2. The lowest BCUT2D eigenvalue weighted by Gasteiger charge is -2.28. The van der Waals surface area contributed by atoms with E-state index in [1.807, 2.05) is 0 Å². The van der Waals surface area contributed by atoms with Crippen LogP contribution in [0.2, 0.25) is 5.15 Å². The van der Waals surface area contributed by atoms with Gasteiger partial charge in [0, 0.05) is 5.92 Å². The second kappa shape index (κ2) is 7.22. The summed E-state index contributed by atoms with van der Waals surface area (Å²) in [7, 11) is 0. The first-order valence-electron chi connectivity index (χ1n) is 7.75.